The Morgan fingerprint density at radius 1 is 0.900 bits per heavy atom. The van der Waals surface area contributed by atoms with Crippen LogP contribution in [0.3, 0.4) is 0 Å². The predicted molar refractivity (Wildman–Crippen MR) is 48.8 cm³/mol. The SMILES string of the molecule is O[Si](O)(O)O.[AlH3].[CaH2].[Fe].[MgH2].[NaH]. The molecular weight excluding hydrogens is 262 g/mol. The van der Waals surface area contributed by atoms with E-state index < -0.39 is 9.05 Å². The average molecular weight is 274 g/mol. The van der Waals surface area contributed by atoms with Crippen molar-refractivity contribution in [2.24, 2.45) is 0 Å². The summed E-state index contributed by atoms with van der Waals surface area (Å²) >= 11 is 0. The first-order valence-electron chi connectivity index (χ1n) is 0.894. The number of hydrogen-bond donors (Lipinski definition) is 4. The van der Waals surface area contributed by atoms with Crippen molar-refractivity contribution in [2.75, 3.05) is 0 Å². The van der Waals surface area contributed by atoms with Gasteiger partial charge in [0.1, 0.15) is 0 Å². The second kappa shape index (κ2) is 18.8. The molecule has 0 radical (unpaired) electrons. The Bertz CT molecular complexity index is 40.7. The summed E-state index contributed by atoms with van der Waals surface area (Å²) in [7, 11) is -4.61. The van der Waals surface area contributed by atoms with Gasteiger partial charge in [-0.3, -0.25) is 0 Å². The molecule has 0 amide bonds. The van der Waals surface area contributed by atoms with Crippen molar-refractivity contribution in [2.45, 2.75) is 0 Å². The topological polar surface area (TPSA) is 80.9 Å². The van der Waals surface area contributed by atoms with Crippen LogP contribution >= 0.6 is 0 Å². The summed E-state index contributed by atoms with van der Waals surface area (Å²) in [5.41, 5.74) is 0. The van der Waals surface area contributed by atoms with Gasteiger partial charge in [0.2, 0.25) is 0 Å². The van der Waals surface area contributed by atoms with Gasteiger partial charge in [-0.1, -0.05) is 0 Å². The van der Waals surface area contributed by atoms with Crippen LogP contribution in [0.1, 0.15) is 0 Å². The summed E-state index contributed by atoms with van der Waals surface area (Å²) in [6.07, 6.45) is 0. The minimum absolute atomic E-state index is 0. The number of hydrogen-bond acceptors (Lipinski definition) is 4. The second-order valence-corrected chi connectivity index (χ2v) is 1.80. The molecule has 0 aliphatic heterocycles. The molecule has 56 valence electrons. The maximum absolute atomic E-state index is 7.33. The van der Waals surface area contributed by atoms with Crippen LogP contribution in [0.5, 0.6) is 0 Å². The second-order valence-electron chi connectivity index (χ2n) is 0.600. The van der Waals surface area contributed by atoms with E-state index in [9.17, 15) is 0 Å². The van der Waals surface area contributed by atoms with Gasteiger partial charge in [0.05, 0.1) is 0 Å². The quantitative estimate of drug-likeness (QED) is 0.331. The fourth-order valence-corrected chi connectivity index (χ4v) is 0. The molecule has 0 heterocycles. The third-order valence-electron chi connectivity index (χ3n) is 0. The van der Waals surface area contributed by atoms with Gasteiger partial charge in [0.25, 0.3) is 0 Å². The molecule has 0 aliphatic rings. The first-order chi connectivity index (χ1) is 2.00. The van der Waals surface area contributed by atoms with Crippen LogP contribution < -0.4 is 0 Å². The molecule has 4 nitrogen and oxygen atoms in total. The summed E-state index contributed by atoms with van der Waals surface area (Å²) in [5.74, 6) is 0. The van der Waals surface area contributed by atoms with E-state index in [1.165, 1.54) is 0 Å². The van der Waals surface area contributed by atoms with Crippen LogP contribution in [0.4, 0.5) is 0 Å². The van der Waals surface area contributed by atoms with Crippen molar-refractivity contribution in [3.8, 4) is 0 Å². The molecule has 0 aromatic carbocycles. The molecule has 0 aromatic heterocycles. The van der Waals surface area contributed by atoms with Crippen molar-refractivity contribution < 1.29 is 36.3 Å². The number of rotatable bonds is 0. The maximum atomic E-state index is 7.33. The minimum atomic E-state index is -4.61. The van der Waals surface area contributed by atoms with Crippen LogP contribution in [-0.4, -0.2) is 136 Å². The van der Waals surface area contributed by atoms with Crippen LogP contribution in [0.2, 0.25) is 0 Å². The Labute approximate surface area is 150 Å². The third kappa shape index (κ3) is 88.0. The van der Waals surface area contributed by atoms with Crippen molar-refractivity contribution in [1.29, 1.82) is 0 Å². The van der Waals surface area contributed by atoms with Crippen molar-refractivity contribution in [3.63, 3.8) is 0 Å². The zero-order valence-corrected chi connectivity index (χ0v) is 4.75. The zero-order valence-electron chi connectivity index (χ0n) is 2.64. The van der Waals surface area contributed by atoms with Gasteiger partial charge in [-0.15, -0.1) is 0 Å². The van der Waals surface area contributed by atoms with Crippen LogP contribution in [-0.2, 0) is 17.1 Å². The average Bonchev–Trinajstić information content (AvgIpc) is 0.722. The summed E-state index contributed by atoms with van der Waals surface area (Å²) in [6, 6.07) is 0. The fraction of sp³-hybridized carbons (Fsp3) is 0. The molecule has 10 heteroatoms. The summed E-state index contributed by atoms with van der Waals surface area (Å²) in [5, 5.41) is 0. The summed E-state index contributed by atoms with van der Waals surface area (Å²) in [4.78, 5) is 29.3. The Morgan fingerprint density at radius 2 is 0.900 bits per heavy atom. The van der Waals surface area contributed by atoms with Crippen LogP contribution in [0, 0.1) is 0 Å². The van der Waals surface area contributed by atoms with E-state index in [1.54, 1.807) is 0 Å². The Balaban J connectivity index is -0.00000000800. The molecule has 0 rings (SSSR count). The standard InChI is InChI=1S/Al.Ca.Fe.Mg.Na.H4O4Si.8H/c;;;;;1-5(2,3)4;;;;;;;;/h;;;;;1-4H;;;;;;;;. The first-order valence-corrected chi connectivity index (χ1v) is 2.68. The van der Waals surface area contributed by atoms with Gasteiger partial charge in [-0.05, 0) is 0 Å². The van der Waals surface area contributed by atoms with E-state index in [2.05, 4.69) is 0 Å². The molecule has 4 N–H and O–H groups in total. The zero-order chi connectivity index (χ0) is 4.50. The van der Waals surface area contributed by atoms with Gasteiger partial charge in [0.15, 0.2) is 17.4 Å². The molecule has 0 spiro atoms. The molecule has 0 fully saturated rings. The van der Waals surface area contributed by atoms with Gasteiger partial charge in [-0.2, -0.15) is 0 Å². The van der Waals surface area contributed by atoms with Crippen molar-refractivity contribution in [3.05, 3.63) is 0 Å². The van der Waals surface area contributed by atoms with Crippen LogP contribution in [0.25, 0.3) is 0 Å². The molecular formula is H12AlCaFeMgNaO4Si. The molecule has 10 heavy (non-hydrogen) atoms. The van der Waals surface area contributed by atoms with E-state index in [0.717, 1.165) is 0 Å². The van der Waals surface area contributed by atoms with Gasteiger partial charge >= 0.3 is 99.4 Å². The Hall–Kier alpha value is 4.13. The normalized spacial score (nSPS) is 6.00. The predicted octanol–water partition coefficient (Wildman–Crippen LogP) is -6.28. The van der Waals surface area contributed by atoms with E-state index >= 15 is 0 Å². The summed E-state index contributed by atoms with van der Waals surface area (Å²) in [6.45, 7) is 0. The summed E-state index contributed by atoms with van der Waals surface area (Å²) < 4.78 is 0. The third-order valence-corrected chi connectivity index (χ3v) is 0. The van der Waals surface area contributed by atoms with Crippen LogP contribution in [0.15, 0.2) is 0 Å². The van der Waals surface area contributed by atoms with E-state index in [4.69, 9.17) is 19.2 Å². The Kier molecular flexibility index (Phi) is 69.4. The monoisotopic (exact) mass is 274 g/mol. The Morgan fingerprint density at radius 3 is 0.900 bits per heavy atom. The first kappa shape index (κ1) is 36.9. The van der Waals surface area contributed by atoms with E-state index in [1.807, 2.05) is 0 Å². The fourth-order valence-electron chi connectivity index (χ4n) is 0. The molecule has 0 aliphatic carbocycles. The molecule has 0 bridgehead atoms. The molecule has 0 unspecified atom stereocenters. The van der Waals surface area contributed by atoms with Gasteiger partial charge < -0.3 is 19.2 Å². The van der Waals surface area contributed by atoms with E-state index in [0.29, 0.717) is 0 Å². The van der Waals surface area contributed by atoms with Gasteiger partial charge in [-0.25, -0.2) is 0 Å². The van der Waals surface area contributed by atoms with Gasteiger partial charge in [0, 0.05) is 17.1 Å². The van der Waals surface area contributed by atoms with Crippen molar-refractivity contribution in [1.82, 2.24) is 0 Å². The molecule has 0 saturated heterocycles. The molecule has 0 atom stereocenters. The van der Waals surface area contributed by atoms with E-state index in [-0.39, 0.29) is 125 Å². The molecule has 0 saturated carbocycles. The molecule has 0 aromatic rings. The van der Waals surface area contributed by atoms with Crippen molar-refractivity contribution >= 4 is 117 Å².